The molecule has 0 saturated heterocycles. The number of ether oxygens (including phenoxy) is 2. The molecule has 1 aliphatic heterocycles. The summed E-state index contributed by atoms with van der Waals surface area (Å²) in [5.41, 5.74) is 1.76. The molecule has 6 nitrogen and oxygen atoms in total. The Morgan fingerprint density at radius 3 is 2.77 bits per heavy atom. The van der Waals surface area contributed by atoms with Gasteiger partial charge in [0.15, 0.2) is 11.5 Å². The number of aryl methyl sites for hydroxylation is 1. The van der Waals surface area contributed by atoms with Crippen LogP contribution >= 0.6 is 0 Å². The standard InChI is InChI=1S/C16H17N3O3/c1-11-12-9-15(20)19(16(12)18-10-17-11)7-8-22-14-6-4-3-5-13(14)21-2/h3-6,10H,7-9H2,1-2H3. The fourth-order valence-electron chi connectivity index (χ4n) is 2.51. The second-order valence-corrected chi connectivity index (χ2v) is 4.98. The van der Waals surface area contributed by atoms with Crippen molar-refractivity contribution in [3.05, 3.63) is 41.9 Å². The second-order valence-electron chi connectivity index (χ2n) is 4.98. The van der Waals surface area contributed by atoms with Crippen LogP contribution in [0, 0.1) is 6.92 Å². The van der Waals surface area contributed by atoms with Crippen LogP contribution < -0.4 is 14.4 Å². The van der Waals surface area contributed by atoms with Crippen molar-refractivity contribution in [2.24, 2.45) is 0 Å². The van der Waals surface area contributed by atoms with Crippen molar-refractivity contribution in [3.8, 4) is 11.5 Å². The molecule has 0 radical (unpaired) electrons. The summed E-state index contributed by atoms with van der Waals surface area (Å²) >= 11 is 0. The smallest absolute Gasteiger partial charge is 0.232 e. The molecule has 0 aliphatic carbocycles. The van der Waals surface area contributed by atoms with Gasteiger partial charge in [-0.3, -0.25) is 9.69 Å². The van der Waals surface area contributed by atoms with Gasteiger partial charge in [0.25, 0.3) is 0 Å². The number of benzene rings is 1. The monoisotopic (exact) mass is 299 g/mol. The lowest BCUT2D eigenvalue weighted by molar-refractivity contribution is -0.117. The fraction of sp³-hybridized carbons (Fsp3) is 0.312. The average molecular weight is 299 g/mol. The van der Waals surface area contributed by atoms with E-state index in [1.54, 1.807) is 12.0 Å². The first-order valence-electron chi connectivity index (χ1n) is 7.07. The Hall–Kier alpha value is -2.63. The molecule has 3 rings (SSSR count). The molecule has 1 aromatic heterocycles. The number of carbonyl (C=O) groups excluding carboxylic acids is 1. The van der Waals surface area contributed by atoms with Gasteiger partial charge in [-0.2, -0.15) is 0 Å². The van der Waals surface area contributed by atoms with Gasteiger partial charge in [-0.15, -0.1) is 0 Å². The number of methoxy groups -OCH3 is 1. The fourth-order valence-corrected chi connectivity index (χ4v) is 2.51. The number of hydrogen-bond donors (Lipinski definition) is 0. The van der Waals surface area contributed by atoms with E-state index >= 15 is 0 Å². The number of carbonyl (C=O) groups is 1. The highest BCUT2D eigenvalue weighted by molar-refractivity contribution is 6.00. The number of nitrogens with zero attached hydrogens (tertiary/aromatic N) is 3. The summed E-state index contributed by atoms with van der Waals surface area (Å²) in [4.78, 5) is 22.1. The van der Waals surface area contributed by atoms with Crippen LogP contribution in [-0.4, -0.2) is 36.1 Å². The van der Waals surface area contributed by atoms with E-state index in [4.69, 9.17) is 9.47 Å². The Bertz CT molecular complexity index is 703. The lowest BCUT2D eigenvalue weighted by Gasteiger charge is -2.17. The summed E-state index contributed by atoms with van der Waals surface area (Å²) in [5, 5.41) is 0. The summed E-state index contributed by atoms with van der Waals surface area (Å²) in [6.07, 6.45) is 1.84. The lowest BCUT2D eigenvalue weighted by atomic mass is 10.2. The predicted octanol–water partition coefficient (Wildman–Crippen LogP) is 1.76. The van der Waals surface area contributed by atoms with Crippen LogP contribution in [0.1, 0.15) is 11.3 Å². The molecule has 0 unspecified atom stereocenters. The van der Waals surface area contributed by atoms with Gasteiger partial charge < -0.3 is 9.47 Å². The Balaban J connectivity index is 1.68. The SMILES string of the molecule is COc1ccccc1OCCN1C(=O)Cc2c(C)ncnc21. The molecule has 6 heteroatoms. The van der Waals surface area contributed by atoms with Gasteiger partial charge in [0.2, 0.25) is 5.91 Å². The molecule has 1 aliphatic rings. The minimum absolute atomic E-state index is 0.0298. The van der Waals surface area contributed by atoms with Crippen LogP contribution in [0.15, 0.2) is 30.6 Å². The molecule has 0 N–H and O–H groups in total. The van der Waals surface area contributed by atoms with Gasteiger partial charge in [0, 0.05) is 11.3 Å². The molecule has 0 saturated carbocycles. The molecule has 1 amide bonds. The summed E-state index contributed by atoms with van der Waals surface area (Å²) in [6.45, 7) is 2.71. The van der Waals surface area contributed by atoms with Gasteiger partial charge in [-0.25, -0.2) is 9.97 Å². The minimum Gasteiger partial charge on any atom is -0.493 e. The number of rotatable bonds is 5. The maximum atomic E-state index is 12.1. The van der Waals surface area contributed by atoms with Crippen LogP contribution in [-0.2, 0) is 11.2 Å². The Labute approximate surface area is 128 Å². The van der Waals surface area contributed by atoms with Gasteiger partial charge in [0.1, 0.15) is 18.8 Å². The van der Waals surface area contributed by atoms with E-state index in [0.717, 1.165) is 11.3 Å². The largest absolute Gasteiger partial charge is 0.493 e. The first-order valence-corrected chi connectivity index (χ1v) is 7.07. The van der Waals surface area contributed by atoms with E-state index in [-0.39, 0.29) is 5.91 Å². The van der Waals surface area contributed by atoms with Crippen molar-refractivity contribution in [2.45, 2.75) is 13.3 Å². The highest BCUT2D eigenvalue weighted by atomic mass is 16.5. The first kappa shape index (κ1) is 14.3. The van der Waals surface area contributed by atoms with Crippen molar-refractivity contribution >= 4 is 11.7 Å². The van der Waals surface area contributed by atoms with Crippen LogP contribution in [0.3, 0.4) is 0 Å². The van der Waals surface area contributed by atoms with Crippen LogP contribution in [0.5, 0.6) is 11.5 Å². The normalized spacial score (nSPS) is 13.2. The molecule has 0 bridgehead atoms. The zero-order valence-electron chi connectivity index (χ0n) is 12.6. The maximum absolute atomic E-state index is 12.1. The van der Waals surface area contributed by atoms with E-state index in [1.165, 1.54) is 6.33 Å². The molecule has 0 atom stereocenters. The number of amides is 1. The number of para-hydroxylation sites is 2. The number of anilines is 1. The van der Waals surface area contributed by atoms with Crippen molar-refractivity contribution in [3.63, 3.8) is 0 Å². The number of hydrogen-bond acceptors (Lipinski definition) is 5. The van der Waals surface area contributed by atoms with Crippen molar-refractivity contribution < 1.29 is 14.3 Å². The average Bonchev–Trinajstić information content (AvgIpc) is 2.86. The van der Waals surface area contributed by atoms with Gasteiger partial charge in [-0.05, 0) is 19.1 Å². The highest BCUT2D eigenvalue weighted by Gasteiger charge is 2.30. The van der Waals surface area contributed by atoms with E-state index in [9.17, 15) is 4.79 Å². The molecule has 1 aromatic carbocycles. The number of fused-ring (bicyclic) bond motifs is 1. The van der Waals surface area contributed by atoms with Crippen LogP contribution in [0.25, 0.3) is 0 Å². The summed E-state index contributed by atoms with van der Waals surface area (Å²) in [7, 11) is 1.60. The Morgan fingerprint density at radius 1 is 1.23 bits per heavy atom. The van der Waals surface area contributed by atoms with Gasteiger partial charge >= 0.3 is 0 Å². The Morgan fingerprint density at radius 2 is 2.00 bits per heavy atom. The third-order valence-corrected chi connectivity index (χ3v) is 3.66. The minimum atomic E-state index is 0.0298. The van der Waals surface area contributed by atoms with E-state index in [1.807, 2.05) is 31.2 Å². The first-order chi connectivity index (χ1) is 10.7. The highest BCUT2D eigenvalue weighted by Crippen LogP contribution is 2.28. The second kappa shape index (κ2) is 6.01. The third-order valence-electron chi connectivity index (χ3n) is 3.66. The van der Waals surface area contributed by atoms with E-state index < -0.39 is 0 Å². The summed E-state index contributed by atoms with van der Waals surface area (Å²) in [5.74, 6) is 2.06. The number of aromatic nitrogens is 2. The molecule has 2 heterocycles. The lowest BCUT2D eigenvalue weighted by Crippen LogP contribution is -2.31. The van der Waals surface area contributed by atoms with E-state index in [0.29, 0.717) is 36.9 Å². The van der Waals surface area contributed by atoms with Crippen molar-refractivity contribution in [2.75, 3.05) is 25.2 Å². The molecule has 22 heavy (non-hydrogen) atoms. The molecule has 2 aromatic rings. The zero-order chi connectivity index (χ0) is 15.5. The summed E-state index contributed by atoms with van der Waals surface area (Å²) < 4.78 is 11.0. The molecule has 0 fully saturated rings. The van der Waals surface area contributed by atoms with E-state index in [2.05, 4.69) is 9.97 Å². The van der Waals surface area contributed by atoms with Gasteiger partial charge in [0.05, 0.1) is 20.1 Å². The van der Waals surface area contributed by atoms with Gasteiger partial charge in [-0.1, -0.05) is 12.1 Å². The molecular weight excluding hydrogens is 282 g/mol. The van der Waals surface area contributed by atoms with Crippen molar-refractivity contribution in [1.29, 1.82) is 0 Å². The van der Waals surface area contributed by atoms with Crippen LogP contribution in [0.2, 0.25) is 0 Å². The summed E-state index contributed by atoms with van der Waals surface area (Å²) in [6, 6.07) is 7.43. The van der Waals surface area contributed by atoms with Crippen LogP contribution in [0.4, 0.5) is 5.82 Å². The quantitative estimate of drug-likeness (QED) is 0.842. The topological polar surface area (TPSA) is 64.6 Å². The van der Waals surface area contributed by atoms with Crippen molar-refractivity contribution in [1.82, 2.24) is 9.97 Å². The molecular formula is C16H17N3O3. The zero-order valence-corrected chi connectivity index (χ0v) is 12.6. The maximum Gasteiger partial charge on any atom is 0.232 e. The Kier molecular flexibility index (Phi) is 3.91. The molecule has 114 valence electrons. The third kappa shape index (κ3) is 2.59. The predicted molar refractivity (Wildman–Crippen MR) is 81.3 cm³/mol. The molecule has 0 spiro atoms.